The molecule has 1 aromatic carbocycles. The second-order valence-electron chi connectivity index (χ2n) is 13.7. The van der Waals surface area contributed by atoms with Crippen molar-refractivity contribution < 1.29 is 19.5 Å². The van der Waals surface area contributed by atoms with E-state index in [9.17, 15) is 19.5 Å². The van der Waals surface area contributed by atoms with Crippen LogP contribution in [0.3, 0.4) is 0 Å². The molecule has 0 aromatic heterocycles. The van der Waals surface area contributed by atoms with Crippen molar-refractivity contribution in [1.82, 2.24) is 15.5 Å². The van der Waals surface area contributed by atoms with Gasteiger partial charge in [-0.1, -0.05) is 58.0 Å². The lowest BCUT2D eigenvalue weighted by atomic mass is 9.65. The second kappa shape index (κ2) is 11.4. The lowest BCUT2D eigenvalue weighted by molar-refractivity contribution is -0.140. The first kappa shape index (κ1) is 29.9. The standard InChI is InChI=1S/C31H47N3O4S/c1-20-17-22-23(26(36)32-18-21-13-9-7-10-14-21)24-28(38)34(15-11-8-12-16-35)25(31(20,24)39-22)27(37)33-30(5,6)19-29(2,3)4/h7,9-10,13-14,20,22-25,35H,8,11-12,15-19H2,1-6H3,(H,32,36)(H,33,37)/t20?,22-,23+,24-,25?,31?/m0/s1. The smallest absolute Gasteiger partial charge is 0.244 e. The Balaban J connectivity index is 1.62. The maximum Gasteiger partial charge on any atom is 0.244 e. The molecule has 7 nitrogen and oxygen atoms in total. The number of carbonyl (C=O) groups excluding carboxylic acids is 3. The molecule has 3 N–H and O–H groups in total. The highest BCUT2D eigenvalue weighted by molar-refractivity contribution is 8.02. The Morgan fingerprint density at radius 1 is 1.08 bits per heavy atom. The van der Waals surface area contributed by atoms with Crippen molar-refractivity contribution in [2.24, 2.45) is 23.2 Å². The van der Waals surface area contributed by atoms with E-state index < -0.39 is 28.2 Å². The van der Waals surface area contributed by atoms with Gasteiger partial charge in [0, 0.05) is 30.5 Å². The molecule has 0 aliphatic carbocycles. The van der Waals surface area contributed by atoms with E-state index >= 15 is 0 Å². The average Bonchev–Trinajstić information content (AvgIpc) is 3.42. The van der Waals surface area contributed by atoms with Gasteiger partial charge in [-0.25, -0.2) is 0 Å². The number of nitrogens with one attached hydrogen (secondary N) is 2. The summed E-state index contributed by atoms with van der Waals surface area (Å²) < 4.78 is -0.616. The number of aliphatic hydroxyl groups excluding tert-OH is 1. The molecule has 216 valence electrons. The van der Waals surface area contributed by atoms with Gasteiger partial charge in [-0.3, -0.25) is 14.4 Å². The minimum absolute atomic E-state index is 0.0270. The van der Waals surface area contributed by atoms with Crippen LogP contribution < -0.4 is 10.6 Å². The van der Waals surface area contributed by atoms with Crippen molar-refractivity contribution >= 4 is 29.5 Å². The molecule has 3 aliphatic rings. The minimum Gasteiger partial charge on any atom is -0.396 e. The number of amides is 3. The topological polar surface area (TPSA) is 98.7 Å². The zero-order valence-corrected chi connectivity index (χ0v) is 25.3. The molecule has 3 amide bonds. The van der Waals surface area contributed by atoms with Crippen LogP contribution in [0.25, 0.3) is 0 Å². The Morgan fingerprint density at radius 2 is 1.77 bits per heavy atom. The predicted octanol–water partition coefficient (Wildman–Crippen LogP) is 4.13. The van der Waals surface area contributed by atoms with Gasteiger partial charge in [-0.15, -0.1) is 11.8 Å². The van der Waals surface area contributed by atoms with Gasteiger partial charge in [0.05, 0.1) is 16.6 Å². The van der Waals surface area contributed by atoms with Gasteiger partial charge >= 0.3 is 0 Å². The van der Waals surface area contributed by atoms with E-state index in [0.717, 1.165) is 31.2 Å². The first-order chi connectivity index (χ1) is 18.3. The molecule has 4 rings (SSSR count). The molecule has 3 unspecified atom stereocenters. The van der Waals surface area contributed by atoms with Crippen LogP contribution in [0.1, 0.15) is 79.2 Å². The Hall–Kier alpha value is -2.06. The normalized spacial score (nSPS) is 30.0. The molecule has 3 fully saturated rings. The number of fused-ring (bicyclic) bond motifs is 1. The van der Waals surface area contributed by atoms with Gasteiger partial charge in [-0.05, 0) is 62.8 Å². The number of unbranched alkanes of at least 4 members (excludes halogenated alkanes) is 2. The molecule has 2 bridgehead atoms. The average molecular weight is 558 g/mol. The van der Waals surface area contributed by atoms with Crippen LogP contribution in [0.4, 0.5) is 0 Å². The summed E-state index contributed by atoms with van der Waals surface area (Å²) in [7, 11) is 0. The Kier molecular flexibility index (Phi) is 8.77. The van der Waals surface area contributed by atoms with Crippen molar-refractivity contribution in [3.8, 4) is 0 Å². The summed E-state index contributed by atoms with van der Waals surface area (Å²) in [5, 5.41) is 15.7. The third kappa shape index (κ3) is 6.02. The maximum absolute atomic E-state index is 14.2. The van der Waals surface area contributed by atoms with Gasteiger partial charge < -0.3 is 20.6 Å². The van der Waals surface area contributed by atoms with Gasteiger partial charge in [0.2, 0.25) is 17.7 Å². The maximum atomic E-state index is 14.2. The van der Waals surface area contributed by atoms with Gasteiger partial charge in [-0.2, -0.15) is 0 Å². The second-order valence-corrected chi connectivity index (χ2v) is 15.2. The number of carbonyl (C=O) groups is 3. The van der Waals surface area contributed by atoms with Gasteiger partial charge in [0.15, 0.2) is 0 Å². The summed E-state index contributed by atoms with van der Waals surface area (Å²) in [6.45, 7) is 13.8. The van der Waals surface area contributed by atoms with Gasteiger partial charge in [0.1, 0.15) is 6.04 Å². The molecular formula is C31H47N3O4S. The lowest BCUT2D eigenvalue weighted by Gasteiger charge is -2.41. The Morgan fingerprint density at radius 3 is 2.41 bits per heavy atom. The van der Waals surface area contributed by atoms with Crippen LogP contribution in [0.15, 0.2) is 30.3 Å². The highest BCUT2D eigenvalue weighted by Gasteiger charge is 2.75. The molecule has 3 heterocycles. The van der Waals surface area contributed by atoms with E-state index in [1.807, 2.05) is 30.3 Å². The highest BCUT2D eigenvalue weighted by atomic mass is 32.2. The SMILES string of the molecule is CC1C[C@@H]2SC13C(C(=O)NC(C)(C)CC(C)(C)C)N(CCCCCO)C(=O)[C@@H]3[C@@H]2C(=O)NCc1ccccc1. The van der Waals surface area contributed by atoms with Crippen molar-refractivity contribution in [3.63, 3.8) is 0 Å². The molecule has 3 aliphatic heterocycles. The first-order valence-electron chi connectivity index (χ1n) is 14.5. The number of rotatable bonds is 11. The van der Waals surface area contributed by atoms with Crippen LogP contribution >= 0.6 is 11.8 Å². The quantitative estimate of drug-likeness (QED) is 0.356. The third-order valence-electron chi connectivity index (χ3n) is 8.60. The van der Waals surface area contributed by atoms with Crippen LogP contribution in [-0.4, -0.2) is 62.5 Å². The Bertz CT molecular complexity index is 1060. The molecule has 8 heteroatoms. The van der Waals surface area contributed by atoms with E-state index in [0.29, 0.717) is 19.5 Å². The molecular weight excluding hydrogens is 510 g/mol. The first-order valence-corrected chi connectivity index (χ1v) is 15.4. The summed E-state index contributed by atoms with van der Waals surface area (Å²) in [4.78, 5) is 43.8. The third-order valence-corrected chi connectivity index (χ3v) is 10.7. The lowest BCUT2D eigenvalue weighted by Crippen LogP contribution is -2.60. The Labute approximate surface area is 238 Å². The fraction of sp³-hybridized carbons (Fsp3) is 0.710. The molecule has 3 saturated heterocycles. The van der Waals surface area contributed by atoms with Crippen molar-refractivity contribution in [2.45, 2.75) is 102 Å². The number of likely N-dealkylation sites (tertiary alicyclic amines) is 1. The molecule has 1 aromatic rings. The zero-order valence-electron chi connectivity index (χ0n) is 24.5. The van der Waals surface area contributed by atoms with Crippen molar-refractivity contribution in [2.75, 3.05) is 13.2 Å². The summed E-state index contributed by atoms with van der Waals surface area (Å²) in [5.74, 6) is -1.06. The van der Waals surface area contributed by atoms with E-state index in [4.69, 9.17) is 0 Å². The predicted molar refractivity (Wildman–Crippen MR) is 156 cm³/mol. The van der Waals surface area contributed by atoms with Crippen LogP contribution in [-0.2, 0) is 20.9 Å². The molecule has 39 heavy (non-hydrogen) atoms. The number of hydrogen-bond donors (Lipinski definition) is 3. The van der Waals surface area contributed by atoms with Crippen LogP contribution in [0.2, 0.25) is 0 Å². The van der Waals surface area contributed by atoms with E-state index in [-0.39, 0.29) is 40.9 Å². The number of benzene rings is 1. The van der Waals surface area contributed by atoms with Crippen molar-refractivity contribution in [1.29, 1.82) is 0 Å². The van der Waals surface area contributed by atoms with Gasteiger partial charge in [0.25, 0.3) is 0 Å². The fourth-order valence-electron chi connectivity index (χ4n) is 7.61. The van der Waals surface area contributed by atoms with Crippen LogP contribution in [0, 0.1) is 23.2 Å². The fourth-order valence-corrected chi connectivity index (χ4v) is 10.0. The van der Waals surface area contributed by atoms with E-state index in [1.165, 1.54) is 0 Å². The number of hydrogen-bond acceptors (Lipinski definition) is 5. The number of thioether (sulfide) groups is 1. The number of nitrogens with zero attached hydrogens (tertiary/aromatic N) is 1. The molecule has 0 saturated carbocycles. The summed E-state index contributed by atoms with van der Waals surface area (Å²) >= 11 is 1.72. The van der Waals surface area contributed by atoms with Crippen LogP contribution in [0.5, 0.6) is 0 Å². The minimum atomic E-state index is -0.616. The summed E-state index contributed by atoms with van der Waals surface area (Å²) in [6.07, 6.45) is 3.80. The molecule has 0 radical (unpaired) electrons. The van der Waals surface area contributed by atoms with E-state index in [1.54, 1.807) is 16.7 Å². The summed E-state index contributed by atoms with van der Waals surface area (Å²) in [6, 6.07) is 9.20. The van der Waals surface area contributed by atoms with E-state index in [2.05, 4.69) is 52.2 Å². The summed E-state index contributed by atoms with van der Waals surface area (Å²) in [5.41, 5.74) is 0.613. The zero-order chi connectivity index (χ0) is 28.6. The monoisotopic (exact) mass is 557 g/mol. The molecule has 1 spiro atoms. The molecule has 6 atom stereocenters. The largest absolute Gasteiger partial charge is 0.396 e. The highest BCUT2D eigenvalue weighted by Crippen LogP contribution is 2.68. The number of aliphatic hydroxyl groups is 1. The van der Waals surface area contributed by atoms with Crippen molar-refractivity contribution in [3.05, 3.63) is 35.9 Å².